The smallest absolute Gasteiger partial charge is 0.230 e. The van der Waals surface area contributed by atoms with Gasteiger partial charge in [0.1, 0.15) is 5.75 Å². The van der Waals surface area contributed by atoms with Gasteiger partial charge in [0.05, 0.1) is 7.11 Å². The van der Waals surface area contributed by atoms with E-state index in [2.05, 4.69) is 17.1 Å². The van der Waals surface area contributed by atoms with Crippen molar-refractivity contribution in [1.29, 1.82) is 0 Å². The number of hydrogen-bond donors (Lipinski definition) is 1. The average Bonchev–Trinajstić information content (AvgIpc) is 3.04. The molecule has 1 unspecified atom stereocenters. The van der Waals surface area contributed by atoms with Gasteiger partial charge in [-0.25, -0.2) is 0 Å². The first-order valence-electron chi connectivity index (χ1n) is 8.67. The molecule has 0 aliphatic heterocycles. The third kappa shape index (κ3) is 2.78. The van der Waals surface area contributed by atoms with Crippen LogP contribution in [0, 0.1) is 5.92 Å². The maximum absolute atomic E-state index is 13.0. The van der Waals surface area contributed by atoms with Crippen molar-refractivity contribution < 1.29 is 9.53 Å². The van der Waals surface area contributed by atoms with Crippen LogP contribution >= 0.6 is 0 Å². The molecule has 4 heteroatoms. The second-order valence-electron chi connectivity index (χ2n) is 6.67. The number of fused-ring (bicyclic) bond motifs is 3. The second kappa shape index (κ2) is 6.28. The largest absolute Gasteiger partial charge is 0.497 e. The molecule has 1 aliphatic carbocycles. The Balaban J connectivity index is 1.62. The van der Waals surface area contributed by atoms with E-state index in [-0.39, 0.29) is 11.8 Å². The Bertz CT molecular complexity index is 914. The standard InChI is InChI=1S/C21H22N2O2/c1-23(15-6-4-3-5-7-15)21(24)14-8-10-19-17(12-14)18-13-16(25-2)9-11-20(18)22-19/h3-7,9,11,13-14,22H,8,10,12H2,1-2H3. The van der Waals surface area contributed by atoms with E-state index in [0.29, 0.717) is 0 Å². The van der Waals surface area contributed by atoms with Crippen molar-refractivity contribution >= 4 is 22.5 Å². The fourth-order valence-corrected chi connectivity index (χ4v) is 3.79. The zero-order valence-electron chi connectivity index (χ0n) is 14.6. The summed E-state index contributed by atoms with van der Waals surface area (Å²) in [6, 6.07) is 15.9. The Labute approximate surface area is 147 Å². The number of aromatic nitrogens is 1. The lowest BCUT2D eigenvalue weighted by molar-refractivity contribution is -0.122. The van der Waals surface area contributed by atoms with Gasteiger partial charge >= 0.3 is 0 Å². The lowest BCUT2D eigenvalue weighted by Gasteiger charge is -2.27. The molecular weight excluding hydrogens is 312 g/mol. The fourth-order valence-electron chi connectivity index (χ4n) is 3.79. The molecule has 25 heavy (non-hydrogen) atoms. The number of carbonyl (C=O) groups is 1. The molecule has 4 nitrogen and oxygen atoms in total. The molecule has 4 rings (SSSR count). The average molecular weight is 334 g/mol. The molecule has 0 bridgehead atoms. The molecule has 1 atom stereocenters. The number of methoxy groups -OCH3 is 1. The molecule has 0 saturated carbocycles. The highest BCUT2D eigenvalue weighted by Gasteiger charge is 2.29. The SMILES string of the molecule is COc1ccc2[nH]c3c(c2c1)CC(C(=O)N(C)c1ccccc1)CC3. The van der Waals surface area contributed by atoms with Gasteiger partial charge in [0, 0.05) is 35.2 Å². The van der Waals surface area contributed by atoms with Crippen molar-refractivity contribution in [2.24, 2.45) is 5.92 Å². The number of rotatable bonds is 3. The minimum absolute atomic E-state index is 0.0166. The van der Waals surface area contributed by atoms with E-state index in [0.717, 1.165) is 36.2 Å². The van der Waals surface area contributed by atoms with E-state index in [1.54, 1.807) is 12.0 Å². The molecule has 1 N–H and O–H groups in total. The summed E-state index contributed by atoms with van der Waals surface area (Å²) in [5.74, 6) is 1.06. The van der Waals surface area contributed by atoms with Gasteiger partial charge in [-0.15, -0.1) is 0 Å². The van der Waals surface area contributed by atoms with Crippen LogP contribution in [-0.2, 0) is 17.6 Å². The molecule has 1 aromatic heterocycles. The zero-order chi connectivity index (χ0) is 17.4. The fraction of sp³-hybridized carbons (Fsp3) is 0.286. The molecule has 0 saturated heterocycles. The Morgan fingerprint density at radius 2 is 2.00 bits per heavy atom. The number of nitrogens with one attached hydrogen (secondary N) is 1. The van der Waals surface area contributed by atoms with Crippen LogP contribution in [0.25, 0.3) is 10.9 Å². The highest BCUT2D eigenvalue weighted by molar-refractivity contribution is 5.95. The van der Waals surface area contributed by atoms with Crippen molar-refractivity contribution in [2.75, 3.05) is 19.1 Å². The van der Waals surface area contributed by atoms with E-state index < -0.39 is 0 Å². The van der Waals surface area contributed by atoms with Crippen LogP contribution < -0.4 is 9.64 Å². The van der Waals surface area contributed by atoms with E-state index in [9.17, 15) is 4.79 Å². The van der Waals surface area contributed by atoms with Crippen LogP contribution in [0.1, 0.15) is 17.7 Å². The normalized spacial score (nSPS) is 16.5. The summed E-state index contributed by atoms with van der Waals surface area (Å²) in [7, 11) is 3.55. The minimum atomic E-state index is 0.0166. The molecule has 0 spiro atoms. The van der Waals surface area contributed by atoms with Crippen molar-refractivity contribution in [3.05, 3.63) is 59.8 Å². The number of ether oxygens (including phenoxy) is 1. The van der Waals surface area contributed by atoms with E-state index in [4.69, 9.17) is 4.74 Å². The lowest BCUT2D eigenvalue weighted by Crippen LogP contribution is -2.35. The first-order chi connectivity index (χ1) is 12.2. The molecular formula is C21H22N2O2. The number of para-hydroxylation sites is 1. The summed E-state index contributed by atoms with van der Waals surface area (Å²) in [6.45, 7) is 0. The predicted octanol–water partition coefficient (Wildman–Crippen LogP) is 3.94. The number of H-pyrrole nitrogens is 1. The van der Waals surface area contributed by atoms with Crippen molar-refractivity contribution in [3.8, 4) is 5.75 Å². The summed E-state index contributed by atoms with van der Waals surface area (Å²) in [4.78, 5) is 18.3. The number of carbonyl (C=O) groups excluding carboxylic acids is 1. The number of nitrogens with zero attached hydrogens (tertiary/aromatic N) is 1. The quantitative estimate of drug-likeness (QED) is 0.788. The van der Waals surface area contributed by atoms with Crippen LogP contribution in [0.5, 0.6) is 5.75 Å². The summed E-state index contributed by atoms with van der Waals surface area (Å²) < 4.78 is 5.36. The molecule has 2 aromatic carbocycles. The zero-order valence-corrected chi connectivity index (χ0v) is 14.6. The molecule has 1 heterocycles. The summed E-state index contributed by atoms with van der Waals surface area (Å²) >= 11 is 0. The number of anilines is 1. The maximum Gasteiger partial charge on any atom is 0.230 e. The van der Waals surface area contributed by atoms with Gasteiger partial charge in [0.2, 0.25) is 5.91 Å². The molecule has 0 fully saturated rings. The van der Waals surface area contributed by atoms with Crippen LogP contribution in [0.2, 0.25) is 0 Å². The van der Waals surface area contributed by atoms with Crippen LogP contribution in [0.15, 0.2) is 48.5 Å². The van der Waals surface area contributed by atoms with Crippen LogP contribution in [0.4, 0.5) is 5.69 Å². The Hall–Kier alpha value is -2.75. The summed E-state index contributed by atoms with van der Waals surface area (Å²) in [6.07, 6.45) is 2.57. The van der Waals surface area contributed by atoms with Gasteiger partial charge in [-0.3, -0.25) is 4.79 Å². The number of hydrogen-bond acceptors (Lipinski definition) is 2. The first kappa shape index (κ1) is 15.8. The summed E-state index contributed by atoms with van der Waals surface area (Å²) in [5.41, 5.74) is 4.59. The topological polar surface area (TPSA) is 45.3 Å². The molecule has 3 aromatic rings. The van der Waals surface area contributed by atoms with Gasteiger partial charge in [-0.1, -0.05) is 18.2 Å². The predicted molar refractivity (Wildman–Crippen MR) is 100 cm³/mol. The van der Waals surface area contributed by atoms with Gasteiger partial charge < -0.3 is 14.6 Å². The number of benzene rings is 2. The lowest BCUT2D eigenvalue weighted by atomic mass is 9.85. The van der Waals surface area contributed by atoms with Crippen molar-refractivity contribution in [3.63, 3.8) is 0 Å². The Kier molecular flexibility index (Phi) is 3.96. The third-order valence-electron chi connectivity index (χ3n) is 5.22. The highest BCUT2D eigenvalue weighted by atomic mass is 16.5. The number of aryl methyl sites for hydroxylation is 1. The van der Waals surface area contributed by atoms with E-state index in [1.165, 1.54) is 16.6 Å². The monoisotopic (exact) mass is 334 g/mol. The van der Waals surface area contributed by atoms with Gasteiger partial charge in [0.15, 0.2) is 0 Å². The Morgan fingerprint density at radius 3 is 2.76 bits per heavy atom. The summed E-state index contributed by atoms with van der Waals surface area (Å²) in [5, 5.41) is 1.18. The van der Waals surface area contributed by atoms with Gasteiger partial charge in [0.25, 0.3) is 0 Å². The molecule has 128 valence electrons. The van der Waals surface area contributed by atoms with Crippen molar-refractivity contribution in [1.82, 2.24) is 4.98 Å². The third-order valence-corrected chi connectivity index (χ3v) is 5.22. The van der Waals surface area contributed by atoms with E-state index >= 15 is 0 Å². The molecule has 1 aliphatic rings. The number of amides is 1. The van der Waals surface area contributed by atoms with Crippen LogP contribution in [-0.4, -0.2) is 25.0 Å². The van der Waals surface area contributed by atoms with Gasteiger partial charge in [-0.2, -0.15) is 0 Å². The highest BCUT2D eigenvalue weighted by Crippen LogP contribution is 2.34. The minimum Gasteiger partial charge on any atom is -0.497 e. The molecule has 0 radical (unpaired) electrons. The van der Waals surface area contributed by atoms with Crippen molar-refractivity contribution in [2.45, 2.75) is 19.3 Å². The van der Waals surface area contributed by atoms with Gasteiger partial charge in [-0.05, 0) is 55.2 Å². The second-order valence-corrected chi connectivity index (χ2v) is 6.67. The Morgan fingerprint density at radius 1 is 1.20 bits per heavy atom. The van der Waals surface area contributed by atoms with Crippen LogP contribution in [0.3, 0.4) is 0 Å². The van der Waals surface area contributed by atoms with E-state index in [1.807, 2.05) is 43.4 Å². The maximum atomic E-state index is 13.0. The first-order valence-corrected chi connectivity index (χ1v) is 8.67. The molecule has 1 amide bonds. The number of aromatic amines is 1.